The highest BCUT2D eigenvalue weighted by Gasteiger charge is 2.20. The summed E-state index contributed by atoms with van der Waals surface area (Å²) in [5.74, 6) is -0.203. The smallest absolute Gasteiger partial charge is 0.322 e. The average Bonchev–Trinajstić information content (AvgIpc) is 3.10. The predicted octanol–water partition coefficient (Wildman–Crippen LogP) is 3.93. The summed E-state index contributed by atoms with van der Waals surface area (Å²) in [6.07, 6.45) is 0. The van der Waals surface area contributed by atoms with Gasteiger partial charge in [-0.3, -0.25) is 10.1 Å². The third kappa shape index (κ3) is 4.25. The number of amides is 1. The molecule has 2 aromatic carbocycles. The van der Waals surface area contributed by atoms with E-state index in [1.54, 1.807) is 26.0 Å². The third-order valence-corrected chi connectivity index (χ3v) is 6.50. The van der Waals surface area contributed by atoms with Crippen LogP contribution in [0.1, 0.15) is 24.2 Å². The molecule has 0 unspecified atom stereocenters. The number of halogens is 1. The third-order valence-electron chi connectivity index (χ3n) is 3.80. The van der Waals surface area contributed by atoms with Crippen molar-refractivity contribution in [3.8, 4) is 11.5 Å². The van der Waals surface area contributed by atoms with Crippen molar-refractivity contribution < 1.29 is 17.6 Å². The minimum absolute atomic E-state index is 0.0446. The van der Waals surface area contributed by atoms with Gasteiger partial charge in [0, 0.05) is 15.6 Å². The van der Waals surface area contributed by atoms with Crippen molar-refractivity contribution in [2.45, 2.75) is 24.0 Å². The van der Waals surface area contributed by atoms with E-state index in [2.05, 4.69) is 31.4 Å². The monoisotopic (exact) mass is 449 g/mol. The zero-order chi connectivity index (χ0) is 19.6. The molecule has 1 heterocycles. The molecule has 0 spiro atoms. The summed E-state index contributed by atoms with van der Waals surface area (Å²) >= 11 is 3.35. The van der Waals surface area contributed by atoms with Crippen LogP contribution in [0.3, 0.4) is 0 Å². The Morgan fingerprint density at radius 1 is 1.04 bits per heavy atom. The van der Waals surface area contributed by atoms with Crippen molar-refractivity contribution in [3.63, 3.8) is 0 Å². The maximum absolute atomic E-state index is 12.3. The fourth-order valence-corrected chi connectivity index (χ4v) is 3.54. The predicted molar refractivity (Wildman–Crippen MR) is 104 cm³/mol. The van der Waals surface area contributed by atoms with Gasteiger partial charge in [-0.15, -0.1) is 5.10 Å². The number of carbonyl (C=O) groups excluding carboxylic acids is 1. The van der Waals surface area contributed by atoms with Gasteiger partial charge in [-0.25, -0.2) is 8.42 Å². The fourth-order valence-electron chi connectivity index (χ4n) is 2.22. The Bertz CT molecular complexity index is 1060. The van der Waals surface area contributed by atoms with Crippen LogP contribution in [0.4, 0.5) is 6.01 Å². The first-order chi connectivity index (χ1) is 12.8. The lowest BCUT2D eigenvalue weighted by molar-refractivity contribution is 0.102. The van der Waals surface area contributed by atoms with E-state index in [1.807, 2.05) is 12.1 Å². The van der Waals surface area contributed by atoms with Gasteiger partial charge in [0.05, 0.1) is 10.1 Å². The van der Waals surface area contributed by atoms with E-state index in [-0.39, 0.29) is 22.4 Å². The first-order valence-corrected chi connectivity index (χ1v) is 10.4. The first kappa shape index (κ1) is 19.2. The molecular weight excluding hydrogens is 434 g/mol. The molecule has 1 N–H and O–H groups in total. The highest BCUT2D eigenvalue weighted by Crippen LogP contribution is 2.22. The maximum Gasteiger partial charge on any atom is 0.322 e. The Labute approximate surface area is 164 Å². The van der Waals surface area contributed by atoms with Gasteiger partial charge in [0.1, 0.15) is 0 Å². The van der Waals surface area contributed by atoms with Crippen molar-refractivity contribution >= 4 is 37.7 Å². The average molecular weight is 450 g/mol. The van der Waals surface area contributed by atoms with Crippen LogP contribution in [-0.4, -0.2) is 29.8 Å². The van der Waals surface area contributed by atoms with E-state index in [1.165, 1.54) is 24.3 Å². The number of nitrogens with one attached hydrogen (secondary N) is 1. The van der Waals surface area contributed by atoms with Gasteiger partial charge in [-0.1, -0.05) is 21.0 Å². The molecule has 3 aromatic rings. The van der Waals surface area contributed by atoms with Crippen molar-refractivity contribution in [1.29, 1.82) is 0 Å². The Kier molecular flexibility index (Phi) is 5.43. The molecule has 0 fully saturated rings. The molecule has 0 saturated heterocycles. The summed E-state index contributed by atoms with van der Waals surface area (Å²) < 4.78 is 30.6. The molecule has 0 bridgehead atoms. The zero-order valence-corrected chi connectivity index (χ0v) is 16.9. The van der Waals surface area contributed by atoms with E-state index >= 15 is 0 Å². The van der Waals surface area contributed by atoms with Gasteiger partial charge >= 0.3 is 6.01 Å². The lowest BCUT2D eigenvalue weighted by Gasteiger charge is -2.08. The molecule has 0 aliphatic carbocycles. The first-order valence-electron chi connectivity index (χ1n) is 8.02. The number of sulfone groups is 1. The Morgan fingerprint density at radius 2 is 1.67 bits per heavy atom. The standard InChI is InChI=1S/C18H16BrN3O4S/c1-11(2)27(24,25)15-9-5-12(6-10-15)16(23)20-18-22-21-17(26-18)13-3-7-14(19)8-4-13/h3-11H,1-2H3,(H,20,22,23). The number of hydrogen-bond acceptors (Lipinski definition) is 6. The molecule has 1 amide bonds. The van der Waals surface area contributed by atoms with Crippen LogP contribution in [0.15, 0.2) is 62.3 Å². The highest BCUT2D eigenvalue weighted by molar-refractivity contribution is 9.10. The normalized spacial score (nSPS) is 11.6. The van der Waals surface area contributed by atoms with Crippen LogP contribution in [0, 0.1) is 0 Å². The number of hydrogen-bond donors (Lipinski definition) is 1. The Morgan fingerprint density at radius 3 is 2.26 bits per heavy atom. The van der Waals surface area contributed by atoms with Crippen LogP contribution in [0.25, 0.3) is 11.5 Å². The Hall–Kier alpha value is -2.52. The second-order valence-electron chi connectivity index (χ2n) is 5.99. The molecule has 1 aromatic heterocycles. The summed E-state index contributed by atoms with van der Waals surface area (Å²) in [4.78, 5) is 12.5. The number of benzene rings is 2. The van der Waals surface area contributed by atoms with Crippen LogP contribution >= 0.6 is 15.9 Å². The van der Waals surface area contributed by atoms with E-state index < -0.39 is 21.0 Å². The molecule has 0 saturated carbocycles. The molecule has 0 radical (unpaired) electrons. The van der Waals surface area contributed by atoms with Crippen molar-refractivity contribution in [2.24, 2.45) is 0 Å². The molecule has 9 heteroatoms. The summed E-state index contributed by atoms with van der Waals surface area (Å²) in [5.41, 5.74) is 0.996. The Balaban J connectivity index is 1.73. The molecule has 3 rings (SSSR count). The number of carbonyl (C=O) groups is 1. The molecule has 7 nitrogen and oxygen atoms in total. The SMILES string of the molecule is CC(C)S(=O)(=O)c1ccc(C(=O)Nc2nnc(-c3ccc(Br)cc3)o2)cc1. The van der Waals surface area contributed by atoms with Crippen molar-refractivity contribution in [2.75, 3.05) is 5.32 Å². The number of aromatic nitrogens is 2. The minimum atomic E-state index is -3.38. The van der Waals surface area contributed by atoms with Gasteiger partial charge in [0.15, 0.2) is 9.84 Å². The number of anilines is 1. The number of rotatable bonds is 5. The second-order valence-corrected chi connectivity index (χ2v) is 9.41. The summed E-state index contributed by atoms with van der Waals surface area (Å²) in [5, 5.41) is 9.68. The zero-order valence-electron chi connectivity index (χ0n) is 14.5. The van der Waals surface area contributed by atoms with Crippen molar-refractivity contribution in [1.82, 2.24) is 10.2 Å². The maximum atomic E-state index is 12.3. The molecule has 0 aliphatic heterocycles. The largest absolute Gasteiger partial charge is 0.403 e. The second kappa shape index (κ2) is 7.61. The fraction of sp³-hybridized carbons (Fsp3) is 0.167. The van der Waals surface area contributed by atoms with Gasteiger partial charge in [0.25, 0.3) is 5.91 Å². The van der Waals surface area contributed by atoms with E-state index in [9.17, 15) is 13.2 Å². The van der Waals surface area contributed by atoms with Gasteiger partial charge in [0.2, 0.25) is 5.89 Å². The van der Waals surface area contributed by atoms with E-state index in [4.69, 9.17) is 4.42 Å². The quantitative estimate of drug-likeness (QED) is 0.632. The highest BCUT2D eigenvalue weighted by atomic mass is 79.9. The topological polar surface area (TPSA) is 102 Å². The molecule has 0 atom stereocenters. The summed E-state index contributed by atoms with van der Waals surface area (Å²) in [7, 11) is -3.38. The molecular formula is C18H16BrN3O4S. The summed E-state index contributed by atoms with van der Waals surface area (Å²) in [6.45, 7) is 3.21. The molecule has 140 valence electrons. The number of nitrogens with zero attached hydrogens (tertiary/aromatic N) is 2. The van der Waals surface area contributed by atoms with Crippen LogP contribution in [0.5, 0.6) is 0 Å². The van der Waals surface area contributed by atoms with Crippen LogP contribution in [0.2, 0.25) is 0 Å². The van der Waals surface area contributed by atoms with Crippen LogP contribution in [-0.2, 0) is 9.84 Å². The lowest BCUT2D eigenvalue weighted by Crippen LogP contribution is -2.15. The van der Waals surface area contributed by atoms with Crippen molar-refractivity contribution in [3.05, 3.63) is 58.6 Å². The molecule has 0 aliphatic rings. The lowest BCUT2D eigenvalue weighted by atomic mass is 10.2. The molecule has 27 heavy (non-hydrogen) atoms. The van der Waals surface area contributed by atoms with E-state index in [0.29, 0.717) is 0 Å². The van der Waals surface area contributed by atoms with Gasteiger partial charge in [-0.05, 0) is 62.4 Å². The summed E-state index contributed by atoms with van der Waals surface area (Å²) in [6, 6.07) is 12.9. The van der Waals surface area contributed by atoms with Gasteiger partial charge in [-0.2, -0.15) is 0 Å². The van der Waals surface area contributed by atoms with Crippen LogP contribution < -0.4 is 5.32 Å². The van der Waals surface area contributed by atoms with Gasteiger partial charge < -0.3 is 4.42 Å². The van der Waals surface area contributed by atoms with E-state index in [0.717, 1.165) is 10.0 Å². The minimum Gasteiger partial charge on any atom is -0.403 e.